The molecule has 0 heterocycles. The molecule has 0 aromatic heterocycles. The van der Waals surface area contributed by atoms with Crippen molar-refractivity contribution < 1.29 is 14.6 Å². The fourth-order valence-corrected chi connectivity index (χ4v) is 14.1. The minimum atomic E-state index is -0.167. The van der Waals surface area contributed by atoms with Gasteiger partial charge < -0.3 is 9.84 Å². The molecule has 0 bridgehead atoms. The second-order valence-corrected chi connectivity index (χ2v) is 20.1. The molecule has 49 heavy (non-hydrogen) atoms. The Morgan fingerprint density at radius 2 is 1.31 bits per heavy atom. The van der Waals surface area contributed by atoms with Gasteiger partial charge in [-0.05, 0) is 129 Å². The highest BCUT2D eigenvalue weighted by Crippen LogP contribution is 2.77. The monoisotopic (exact) mass is 681 g/mol. The van der Waals surface area contributed by atoms with Gasteiger partial charge in [-0.3, -0.25) is 4.79 Å². The number of aliphatic hydroxyl groups excluding tert-OH is 1. The molecule has 5 rings (SSSR count). The van der Waals surface area contributed by atoms with Crippen LogP contribution in [0.25, 0.3) is 0 Å². The Kier molecular flexibility index (Phi) is 12.9. The number of hydrogen-bond acceptors (Lipinski definition) is 3. The summed E-state index contributed by atoms with van der Waals surface area (Å²) < 4.78 is 6.29. The van der Waals surface area contributed by atoms with E-state index in [1.54, 1.807) is 0 Å². The van der Waals surface area contributed by atoms with Gasteiger partial charge in [0, 0.05) is 11.8 Å². The molecule has 5 aliphatic carbocycles. The van der Waals surface area contributed by atoms with Crippen LogP contribution in [0.15, 0.2) is 12.2 Å². The lowest BCUT2D eigenvalue weighted by Crippen LogP contribution is -2.66. The van der Waals surface area contributed by atoms with Crippen LogP contribution in [0.4, 0.5) is 0 Å². The van der Waals surface area contributed by atoms with Crippen LogP contribution in [-0.4, -0.2) is 23.8 Å². The Hall–Kier alpha value is -0.830. The van der Waals surface area contributed by atoms with E-state index < -0.39 is 0 Å². The molecular weight excluding hydrogens is 601 g/mol. The van der Waals surface area contributed by atoms with Gasteiger partial charge in [0.25, 0.3) is 0 Å². The molecule has 0 aromatic rings. The van der Waals surface area contributed by atoms with Gasteiger partial charge in [-0.15, -0.1) is 0 Å². The maximum atomic E-state index is 13.2. The van der Waals surface area contributed by atoms with Crippen LogP contribution in [0.5, 0.6) is 0 Å². The van der Waals surface area contributed by atoms with E-state index in [2.05, 4.69) is 55.0 Å². The van der Waals surface area contributed by atoms with Crippen molar-refractivity contribution in [2.45, 2.75) is 209 Å². The number of esters is 1. The van der Waals surface area contributed by atoms with Crippen LogP contribution in [0.2, 0.25) is 0 Å². The SMILES string of the molecule is C=C(C)[C@@H]1CC[C@]2(COC(=O)CCCCCCCCCCCCCCC)CC[C@]3(C)[C@H](CC[C@@H]4[C@@]5(C)CC[C@H](O)C(C)(C)[C@@H]5CC[C@]43C)[C@H]12. The largest absolute Gasteiger partial charge is 0.465 e. The molecule has 5 aliphatic rings. The predicted octanol–water partition coefficient (Wildman–Crippen LogP) is 13.0. The molecule has 0 spiro atoms. The number of hydrogen-bond donors (Lipinski definition) is 1. The maximum Gasteiger partial charge on any atom is 0.305 e. The average molecular weight is 681 g/mol. The first kappa shape index (κ1) is 39.4. The average Bonchev–Trinajstić information content (AvgIpc) is 3.45. The quantitative estimate of drug-likeness (QED) is 0.0945. The summed E-state index contributed by atoms with van der Waals surface area (Å²) >= 11 is 0. The fraction of sp³-hybridized carbons (Fsp3) is 0.935. The van der Waals surface area contributed by atoms with Gasteiger partial charge in [0.05, 0.1) is 12.7 Å². The molecule has 5 saturated carbocycles. The van der Waals surface area contributed by atoms with Gasteiger partial charge in [0.1, 0.15) is 0 Å². The molecule has 0 unspecified atom stereocenters. The maximum absolute atomic E-state index is 13.2. The van der Waals surface area contributed by atoms with Crippen LogP contribution < -0.4 is 0 Å². The molecular formula is C46H80O3. The third-order valence-electron chi connectivity index (χ3n) is 17.2. The highest BCUT2D eigenvalue weighted by Gasteiger charge is 2.71. The first-order valence-electron chi connectivity index (χ1n) is 21.8. The van der Waals surface area contributed by atoms with Crippen LogP contribution in [0, 0.1) is 56.7 Å². The normalized spacial score (nSPS) is 40.9. The van der Waals surface area contributed by atoms with Crippen LogP contribution in [-0.2, 0) is 9.53 Å². The first-order chi connectivity index (χ1) is 23.3. The molecule has 1 N–H and O–H groups in total. The Morgan fingerprint density at radius 3 is 1.92 bits per heavy atom. The van der Waals surface area contributed by atoms with Crippen molar-refractivity contribution in [1.29, 1.82) is 0 Å². The first-order valence-corrected chi connectivity index (χ1v) is 21.8. The Bertz CT molecular complexity index is 1110. The van der Waals surface area contributed by atoms with Crippen molar-refractivity contribution in [3.05, 3.63) is 12.2 Å². The molecule has 5 fully saturated rings. The number of ether oxygens (including phenoxy) is 1. The van der Waals surface area contributed by atoms with Gasteiger partial charge in [0.15, 0.2) is 0 Å². The number of allylic oxidation sites excluding steroid dienone is 1. The molecule has 10 atom stereocenters. The van der Waals surface area contributed by atoms with E-state index in [1.165, 1.54) is 134 Å². The van der Waals surface area contributed by atoms with Crippen molar-refractivity contribution in [1.82, 2.24) is 0 Å². The van der Waals surface area contributed by atoms with Crippen molar-refractivity contribution in [2.24, 2.45) is 56.7 Å². The molecule has 0 radical (unpaired) electrons. The van der Waals surface area contributed by atoms with Gasteiger partial charge in [0.2, 0.25) is 0 Å². The van der Waals surface area contributed by atoms with Gasteiger partial charge in [-0.25, -0.2) is 0 Å². The van der Waals surface area contributed by atoms with E-state index in [9.17, 15) is 9.90 Å². The molecule has 282 valence electrons. The zero-order valence-electron chi connectivity index (χ0n) is 33.6. The van der Waals surface area contributed by atoms with E-state index in [-0.39, 0.29) is 22.9 Å². The van der Waals surface area contributed by atoms with Gasteiger partial charge in [-0.2, -0.15) is 0 Å². The van der Waals surface area contributed by atoms with E-state index in [0.29, 0.717) is 52.9 Å². The number of fused-ring (bicyclic) bond motifs is 7. The summed E-state index contributed by atoms with van der Waals surface area (Å²) in [6.07, 6.45) is 29.9. The summed E-state index contributed by atoms with van der Waals surface area (Å²) in [6, 6.07) is 0. The molecule has 0 saturated heterocycles. The highest BCUT2D eigenvalue weighted by molar-refractivity contribution is 5.69. The number of unbranched alkanes of at least 4 members (excludes halogenated alkanes) is 12. The van der Waals surface area contributed by atoms with Crippen molar-refractivity contribution in [3.63, 3.8) is 0 Å². The Labute approximate surface area is 304 Å². The number of aliphatic hydroxyl groups is 1. The van der Waals surface area contributed by atoms with Gasteiger partial charge >= 0.3 is 5.97 Å². The van der Waals surface area contributed by atoms with E-state index in [0.717, 1.165) is 25.2 Å². The smallest absolute Gasteiger partial charge is 0.305 e. The third kappa shape index (κ3) is 7.51. The Balaban J connectivity index is 1.14. The van der Waals surface area contributed by atoms with Crippen LogP contribution >= 0.6 is 0 Å². The molecule has 3 heteroatoms. The lowest BCUT2D eigenvalue weighted by Gasteiger charge is -2.73. The van der Waals surface area contributed by atoms with Crippen LogP contribution in [0.1, 0.15) is 203 Å². The minimum absolute atomic E-state index is 0.00112. The van der Waals surface area contributed by atoms with E-state index in [4.69, 9.17) is 4.74 Å². The van der Waals surface area contributed by atoms with Gasteiger partial charge in [-0.1, -0.05) is 131 Å². The van der Waals surface area contributed by atoms with Crippen molar-refractivity contribution in [3.8, 4) is 0 Å². The molecule has 3 nitrogen and oxygen atoms in total. The lowest BCUT2D eigenvalue weighted by molar-refractivity contribution is -0.250. The second kappa shape index (κ2) is 16.0. The van der Waals surface area contributed by atoms with Crippen molar-refractivity contribution >= 4 is 5.97 Å². The Morgan fingerprint density at radius 1 is 0.694 bits per heavy atom. The summed E-state index contributed by atoms with van der Waals surface area (Å²) in [5.41, 5.74) is 2.42. The summed E-state index contributed by atoms with van der Waals surface area (Å²) in [5, 5.41) is 11.1. The molecule has 0 aliphatic heterocycles. The van der Waals surface area contributed by atoms with E-state index in [1.807, 2.05) is 0 Å². The lowest BCUT2D eigenvalue weighted by atomic mass is 9.32. The molecule has 0 amide bonds. The summed E-state index contributed by atoms with van der Waals surface area (Å²) in [4.78, 5) is 13.2. The second-order valence-electron chi connectivity index (χ2n) is 20.1. The minimum Gasteiger partial charge on any atom is -0.465 e. The van der Waals surface area contributed by atoms with E-state index >= 15 is 0 Å². The standard InChI is InChI=1S/C46H80O3/c1-9-10-11-12-13-14-15-16-17-18-19-20-21-22-40(48)49-33-46-30-25-35(34(2)3)41(46)36-23-24-38-43(6)28-27-39(47)42(4,5)37(43)26-29-45(38,8)44(36,7)31-32-46/h35-39,41,47H,2,9-33H2,1,3-8H3/t35-,36+,37-,38+,39-,41-,43-,44+,45+,46+/m0/s1. The molecule has 0 aromatic carbocycles. The number of rotatable bonds is 17. The van der Waals surface area contributed by atoms with Crippen LogP contribution in [0.3, 0.4) is 0 Å². The summed E-state index contributed by atoms with van der Waals surface area (Å²) in [5.74, 6) is 3.19. The number of carbonyl (C=O) groups is 1. The summed E-state index contributed by atoms with van der Waals surface area (Å²) in [6.45, 7) is 22.5. The zero-order chi connectivity index (χ0) is 35.5. The van der Waals surface area contributed by atoms with Crippen molar-refractivity contribution in [2.75, 3.05) is 6.61 Å². The number of carbonyl (C=O) groups excluding carboxylic acids is 1. The predicted molar refractivity (Wildman–Crippen MR) is 206 cm³/mol. The third-order valence-corrected chi connectivity index (χ3v) is 17.2. The summed E-state index contributed by atoms with van der Waals surface area (Å²) in [7, 11) is 0. The highest BCUT2D eigenvalue weighted by atomic mass is 16.5. The fourth-order valence-electron chi connectivity index (χ4n) is 14.1. The zero-order valence-corrected chi connectivity index (χ0v) is 33.6. The topological polar surface area (TPSA) is 46.5 Å².